The lowest BCUT2D eigenvalue weighted by atomic mass is 9.63. The third kappa shape index (κ3) is 2.34. The monoisotopic (exact) mass is 259 g/mol. The molecule has 0 aromatic heterocycles. The molecule has 1 N–H and O–H groups in total. The third-order valence-corrected chi connectivity index (χ3v) is 4.77. The third-order valence-electron chi connectivity index (χ3n) is 4.77. The summed E-state index contributed by atoms with van der Waals surface area (Å²) in [5.41, 5.74) is 3.05. The van der Waals surface area contributed by atoms with Gasteiger partial charge in [0.1, 0.15) is 0 Å². The molecule has 1 aliphatic heterocycles. The second kappa shape index (κ2) is 4.55. The Kier molecular flexibility index (Phi) is 3.00. The minimum atomic E-state index is -0.730. The van der Waals surface area contributed by atoms with Gasteiger partial charge in [0.2, 0.25) is 0 Å². The van der Waals surface area contributed by atoms with Gasteiger partial charge in [-0.25, -0.2) is 0 Å². The van der Waals surface area contributed by atoms with Gasteiger partial charge in [-0.15, -0.1) is 0 Å². The van der Waals surface area contributed by atoms with Crippen molar-refractivity contribution in [3.63, 3.8) is 0 Å². The molecule has 19 heavy (non-hydrogen) atoms. The van der Waals surface area contributed by atoms with Crippen molar-refractivity contribution in [1.29, 1.82) is 0 Å². The molecule has 1 aromatic rings. The fraction of sp³-hybridized carbons (Fsp3) is 0.562. The maximum absolute atomic E-state index is 10.7. The van der Waals surface area contributed by atoms with Gasteiger partial charge in [-0.1, -0.05) is 25.5 Å². The van der Waals surface area contributed by atoms with E-state index in [-0.39, 0.29) is 12.3 Å². The lowest BCUT2D eigenvalue weighted by molar-refractivity contribution is -0.137. The molecule has 2 aliphatic rings. The molecule has 1 saturated carbocycles. The minimum absolute atomic E-state index is 0.0842. The van der Waals surface area contributed by atoms with E-state index in [0.717, 1.165) is 5.56 Å². The number of benzene rings is 1. The van der Waals surface area contributed by atoms with Crippen LogP contribution in [-0.2, 0) is 4.79 Å². The zero-order valence-corrected chi connectivity index (χ0v) is 11.4. The number of anilines is 1. The van der Waals surface area contributed by atoms with Crippen molar-refractivity contribution in [1.82, 2.24) is 0 Å². The van der Waals surface area contributed by atoms with Gasteiger partial charge >= 0.3 is 5.97 Å². The van der Waals surface area contributed by atoms with Gasteiger partial charge in [-0.3, -0.25) is 4.79 Å². The van der Waals surface area contributed by atoms with E-state index in [0.29, 0.717) is 5.41 Å². The van der Waals surface area contributed by atoms with Crippen molar-refractivity contribution in [2.24, 2.45) is 5.41 Å². The Morgan fingerprint density at radius 1 is 1.32 bits per heavy atom. The summed E-state index contributed by atoms with van der Waals surface area (Å²) in [7, 11) is 0. The van der Waals surface area contributed by atoms with Crippen LogP contribution in [0.5, 0.6) is 0 Å². The van der Waals surface area contributed by atoms with Crippen LogP contribution in [0, 0.1) is 5.41 Å². The largest absolute Gasteiger partial charge is 0.481 e. The van der Waals surface area contributed by atoms with Gasteiger partial charge in [0, 0.05) is 24.2 Å². The first-order valence-electron chi connectivity index (χ1n) is 7.15. The Morgan fingerprint density at radius 2 is 1.95 bits per heavy atom. The Morgan fingerprint density at radius 3 is 2.42 bits per heavy atom. The van der Waals surface area contributed by atoms with E-state index >= 15 is 0 Å². The van der Waals surface area contributed by atoms with E-state index in [1.54, 1.807) is 0 Å². The molecular weight excluding hydrogens is 238 g/mol. The van der Waals surface area contributed by atoms with Crippen molar-refractivity contribution in [3.8, 4) is 0 Å². The number of carboxylic acids is 1. The molecule has 3 nitrogen and oxygen atoms in total. The van der Waals surface area contributed by atoms with Gasteiger partial charge in [0.05, 0.1) is 6.42 Å². The molecule has 0 radical (unpaired) electrons. The summed E-state index contributed by atoms with van der Waals surface area (Å²) in [6.45, 7) is 4.38. The van der Waals surface area contributed by atoms with Crippen molar-refractivity contribution in [2.45, 2.75) is 38.5 Å². The molecule has 1 spiro atoms. The number of hydrogen-bond acceptors (Lipinski definition) is 2. The number of nitrogens with zero attached hydrogens (tertiary/aromatic N) is 1. The fourth-order valence-electron chi connectivity index (χ4n) is 3.33. The van der Waals surface area contributed by atoms with Gasteiger partial charge in [0.15, 0.2) is 0 Å². The number of carboxylic acid groups (broad SMARTS) is 1. The molecule has 102 valence electrons. The molecule has 1 heterocycles. The van der Waals surface area contributed by atoms with E-state index in [2.05, 4.69) is 29.2 Å². The normalized spacial score (nSPS) is 21.6. The Balaban J connectivity index is 1.61. The molecule has 1 atom stereocenters. The Hall–Kier alpha value is -1.51. The van der Waals surface area contributed by atoms with Crippen LogP contribution in [0.4, 0.5) is 5.69 Å². The first-order chi connectivity index (χ1) is 9.08. The summed E-state index contributed by atoms with van der Waals surface area (Å²) in [6, 6.07) is 8.43. The fourth-order valence-corrected chi connectivity index (χ4v) is 3.33. The van der Waals surface area contributed by atoms with Gasteiger partial charge < -0.3 is 10.0 Å². The van der Waals surface area contributed by atoms with Crippen LogP contribution in [0.15, 0.2) is 24.3 Å². The molecule has 3 heteroatoms. The van der Waals surface area contributed by atoms with E-state index in [9.17, 15) is 4.79 Å². The molecule has 2 fully saturated rings. The molecule has 1 aliphatic carbocycles. The molecular formula is C16H21NO2. The summed E-state index contributed by atoms with van der Waals surface area (Å²) < 4.78 is 0. The first-order valence-corrected chi connectivity index (χ1v) is 7.15. The van der Waals surface area contributed by atoms with Gasteiger partial charge in [0.25, 0.3) is 0 Å². The number of rotatable bonds is 4. The van der Waals surface area contributed by atoms with Gasteiger partial charge in [-0.05, 0) is 36.5 Å². The van der Waals surface area contributed by atoms with Crippen LogP contribution >= 0.6 is 0 Å². The van der Waals surface area contributed by atoms with Crippen LogP contribution < -0.4 is 4.90 Å². The van der Waals surface area contributed by atoms with Crippen molar-refractivity contribution >= 4 is 11.7 Å². The average molecular weight is 259 g/mol. The molecule has 0 amide bonds. The predicted octanol–water partition coefficient (Wildman–Crippen LogP) is 3.26. The van der Waals surface area contributed by atoms with Crippen LogP contribution in [-0.4, -0.2) is 24.2 Å². The SMILES string of the molecule is CC(CC(=O)O)c1ccc(N2CC3(CCC3)C2)cc1. The Bertz CT molecular complexity index is 468. The van der Waals surface area contributed by atoms with E-state index in [1.165, 1.54) is 38.0 Å². The topological polar surface area (TPSA) is 40.5 Å². The summed E-state index contributed by atoms with van der Waals surface area (Å²) in [5.74, 6) is -0.646. The smallest absolute Gasteiger partial charge is 0.303 e. The Labute approximate surface area is 114 Å². The molecule has 1 unspecified atom stereocenters. The molecule has 1 aromatic carbocycles. The van der Waals surface area contributed by atoms with Crippen molar-refractivity contribution < 1.29 is 9.90 Å². The minimum Gasteiger partial charge on any atom is -0.481 e. The molecule has 3 rings (SSSR count). The lowest BCUT2D eigenvalue weighted by Gasteiger charge is -2.57. The van der Waals surface area contributed by atoms with E-state index in [1.807, 2.05) is 6.92 Å². The number of aliphatic carboxylic acids is 1. The maximum atomic E-state index is 10.7. The van der Waals surface area contributed by atoms with Crippen molar-refractivity contribution in [3.05, 3.63) is 29.8 Å². The second-order valence-corrected chi connectivity index (χ2v) is 6.30. The molecule has 0 bridgehead atoms. The molecule has 1 saturated heterocycles. The highest BCUT2D eigenvalue weighted by Crippen LogP contribution is 2.49. The predicted molar refractivity (Wildman–Crippen MR) is 75.6 cm³/mol. The number of carbonyl (C=O) groups is 1. The van der Waals surface area contributed by atoms with E-state index < -0.39 is 5.97 Å². The van der Waals surface area contributed by atoms with Gasteiger partial charge in [-0.2, -0.15) is 0 Å². The van der Waals surface area contributed by atoms with Crippen LogP contribution in [0.2, 0.25) is 0 Å². The average Bonchev–Trinajstić information content (AvgIpc) is 2.25. The van der Waals surface area contributed by atoms with Crippen LogP contribution in [0.1, 0.15) is 44.1 Å². The quantitative estimate of drug-likeness (QED) is 0.902. The van der Waals surface area contributed by atoms with E-state index in [4.69, 9.17) is 5.11 Å². The number of hydrogen-bond donors (Lipinski definition) is 1. The van der Waals surface area contributed by atoms with Crippen LogP contribution in [0.25, 0.3) is 0 Å². The summed E-state index contributed by atoms with van der Waals surface area (Å²) in [4.78, 5) is 13.2. The highest BCUT2D eigenvalue weighted by molar-refractivity contribution is 5.68. The zero-order chi connectivity index (χ0) is 13.5. The maximum Gasteiger partial charge on any atom is 0.303 e. The van der Waals surface area contributed by atoms with Crippen molar-refractivity contribution in [2.75, 3.05) is 18.0 Å². The second-order valence-electron chi connectivity index (χ2n) is 6.30. The van der Waals surface area contributed by atoms with Crippen LogP contribution in [0.3, 0.4) is 0 Å². The summed E-state index contributed by atoms with van der Waals surface area (Å²) in [6.07, 6.45) is 4.40. The standard InChI is InChI=1S/C16H21NO2/c1-12(9-15(18)19)13-3-5-14(6-4-13)17-10-16(11-17)7-2-8-16/h3-6,12H,2,7-11H2,1H3,(H,18,19). The summed E-state index contributed by atoms with van der Waals surface area (Å²) >= 11 is 0. The lowest BCUT2D eigenvalue weighted by Crippen LogP contribution is -2.59. The summed E-state index contributed by atoms with van der Waals surface area (Å²) in [5, 5.41) is 8.82. The highest BCUT2D eigenvalue weighted by atomic mass is 16.4. The zero-order valence-electron chi connectivity index (χ0n) is 11.4. The first kappa shape index (κ1) is 12.5. The highest BCUT2D eigenvalue weighted by Gasteiger charge is 2.47.